The fraction of sp³-hybridized carbons (Fsp3) is 0.667. The highest BCUT2D eigenvalue weighted by molar-refractivity contribution is 7.88. The van der Waals surface area contributed by atoms with E-state index in [1.165, 1.54) is 4.31 Å². The smallest absolute Gasteiger partial charge is 0.312 e. The van der Waals surface area contributed by atoms with E-state index in [1.807, 2.05) is 37.3 Å². The molecule has 0 aliphatic carbocycles. The Bertz CT molecular complexity index is 735. The number of piperidine rings is 1. The molecule has 156 valence electrons. The predicted molar refractivity (Wildman–Crippen MR) is 107 cm³/mol. The van der Waals surface area contributed by atoms with Crippen molar-refractivity contribution in [2.45, 2.75) is 57.3 Å². The Labute approximate surface area is 168 Å². The summed E-state index contributed by atoms with van der Waals surface area (Å²) < 4.78 is 38.4. The molecule has 0 bridgehead atoms. The third kappa shape index (κ3) is 5.13. The number of hydrogen-bond acceptors (Lipinski definition) is 5. The molecule has 28 heavy (non-hydrogen) atoms. The molecule has 0 spiro atoms. The van der Waals surface area contributed by atoms with Gasteiger partial charge in [-0.15, -0.1) is 0 Å². The largest absolute Gasteiger partial charge is 0.466 e. The van der Waals surface area contributed by atoms with Crippen LogP contribution in [0.4, 0.5) is 0 Å². The number of ether oxygens (including phenoxy) is 2. The summed E-state index contributed by atoms with van der Waals surface area (Å²) in [7, 11) is -3.41. The van der Waals surface area contributed by atoms with Crippen LogP contribution in [0, 0.1) is 5.41 Å². The summed E-state index contributed by atoms with van der Waals surface area (Å²) >= 11 is 0. The first-order chi connectivity index (χ1) is 13.5. The third-order valence-electron chi connectivity index (χ3n) is 5.87. The summed E-state index contributed by atoms with van der Waals surface area (Å²) in [5.41, 5.74) is 0.136. The van der Waals surface area contributed by atoms with Crippen LogP contribution in [0.15, 0.2) is 30.3 Å². The average molecular weight is 410 g/mol. The normalized spacial score (nSPS) is 23.2. The van der Waals surface area contributed by atoms with E-state index in [0.29, 0.717) is 39.0 Å². The summed E-state index contributed by atoms with van der Waals surface area (Å²) in [6, 6.07) is 9.21. The Morgan fingerprint density at radius 2 is 1.93 bits per heavy atom. The first-order valence-electron chi connectivity index (χ1n) is 10.3. The number of carbonyl (C=O) groups excluding carboxylic acids is 1. The summed E-state index contributed by atoms with van der Waals surface area (Å²) in [6.45, 7) is 3.58. The Morgan fingerprint density at radius 3 is 2.54 bits per heavy atom. The maximum atomic E-state index is 12.8. The fourth-order valence-corrected chi connectivity index (χ4v) is 5.78. The number of rotatable bonds is 7. The average Bonchev–Trinajstić information content (AvgIpc) is 2.70. The first kappa shape index (κ1) is 21.3. The van der Waals surface area contributed by atoms with Crippen molar-refractivity contribution in [1.29, 1.82) is 0 Å². The second kappa shape index (κ2) is 9.37. The Balaban J connectivity index is 1.68. The van der Waals surface area contributed by atoms with E-state index >= 15 is 0 Å². The molecule has 1 aromatic carbocycles. The van der Waals surface area contributed by atoms with E-state index in [0.717, 1.165) is 31.4 Å². The van der Waals surface area contributed by atoms with Gasteiger partial charge in [0.25, 0.3) is 0 Å². The zero-order chi connectivity index (χ0) is 20.0. The molecule has 7 heteroatoms. The molecule has 2 saturated heterocycles. The van der Waals surface area contributed by atoms with Gasteiger partial charge in [-0.3, -0.25) is 4.79 Å². The molecule has 0 amide bonds. The molecule has 6 nitrogen and oxygen atoms in total. The third-order valence-corrected chi connectivity index (χ3v) is 7.72. The second-order valence-electron chi connectivity index (χ2n) is 7.83. The standard InChI is InChI=1S/C21H31NO5S/c1-2-26-20(23)21(16-19-10-6-7-15-27-19)11-13-22(14-12-21)28(24,25)17-18-8-4-3-5-9-18/h3-5,8-9,19H,2,6-7,10-17H2,1H3/t19-/m0/s1. The van der Waals surface area contributed by atoms with E-state index in [1.54, 1.807) is 0 Å². The van der Waals surface area contributed by atoms with E-state index < -0.39 is 15.4 Å². The summed E-state index contributed by atoms with van der Waals surface area (Å²) in [4.78, 5) is 12.8. The lowest BCUT2D eigenvalue weighted by atomic mass is 9.73. The minimum absolute atomic E-state index is 0.00795. The minimum atomic E-state index is -3.41. The molecule has 2 fully saturated rings. The monoisotopic (exact) mass is 409 g/mol. The molecule has 1 atom stereocenters. The highest BCUT2D eigenvalue weighted by Crippen LogP contribution is 2.40. The molecular formula is C21H31NO5S. The SMILES string of the molecule is CCOC(=O)C1(C[C@@H]2CCCCO2)CCN(S(=O)(=O)Cc2ccccc2)CC1. The Hall–Kier alpha value is -1.44. The summed E-state index contributed by atoms with van der Waals surface area (Å²) in [5.74, 6) is -0.212. The van der Waals surface area contributed by atoms with Gasteiger partial charge in [-0.25, -0.2) is 12.7 Å². The van der Waals surface area contributed by atoms with Crippen molar-refractivity contribution in [2.24, 2.45) is 5.41 Å². The first-order valence-corrected chi connectivity index (χ1v) is 11.9. The molecule has 2 aliphatic rings. The van der Waals surface area contributed by atoms with Crippen molar-refractivity contribution in [3.05, 3.63) is 35.9 Å². The molecule has 2 heterocycles. The Kier molecular flexibility index (Phi) is 7.12. The van der Waals surface area contributed by atoms with Crippen LogP contribution < -0.4 is 0 Å². The van der Waals surface area contributed by atoms with E-state index in [4.69, 9.17) is 9.47 Å². The van der Waals surface area contributed by atoms with Crippen LogP contribution in [0.25, 0.3) is 0 Å². The Morgan fingerprint density at radius 1 is 1.21 bits per heavy atom. The van der Waals surface area contributed by atoms with Gasteiger partial charge in [0.1, 0.15) is 0 Å². The summed E-state index contributed by atoms with van der Waals surface area (Å²) in [6.07, 6.45) is 4.79. The van der Waals surface area contributed by atoms with Gasteiger partial charge < -0.3 is 9.47 Å². The van der Waals surface area contributed by atoms with Crippen LogP contribution in [-0.4, -0.2) is 51.1 Å². The van der Waals surface area contributed by atoms with Gasteiger partial charge >= 0.3 is 5.97 Å². The zero-order valence-electron chi connectivity index (χ0n) is 16.6. The second-order valence-corrected chi connectivity index (χ2v) is 9.80. The van der Waals surface area contributed by atoms with Crippen LogP contribution in [-0.2, 0) is 30.0 Å². The van der Waals surface area contributed by atoms with E-state index in [9.17, 15) is 13.2 Å². The van der Waals surface area contributed by atoms with Crippen molar-refractivity contribution >= 4 is 16.0 Å². The van der Waals surface area contributed by atoms with Gasteiger partial charge in [0.2, 0.25) is 10.0 Å². The van der Waals surface area contributed by atoms with Gasteiger partial charge in [0, 0.05) is 19.7 Å². The quantitative estimate of drug-likeness (QED) is 0.647. The maximum absolute atomic E-state index is 12.8. The molecule has 0 aromatic heterocycles. The van der Waals surface area contributed by atoms with Crippen molar-refractivity contribution in [3.8, 4) is 0 Å². The van der Waals surface area contributed by atoms with Crippen molar-refractivity contribution < 1.29 is 22.7 Å². The van der Waals surface area contributed by atoms with Crippen LogP contribution in [0.1, 0.15) is 51.0 Å². The number of nitrogens with zero attached hydrogens (tertiary/aromatic N) is 1. The van der Waals surface area contributed by atoms with Crippen molar-refractivity contribution in [2.75, 3.05) is 26.3 Å². The molecule has 0 saturated carbocycles. The zero-order valence-corrected chi connectivity index (χ0v) is 17.5. The van der Waals surface area contributed by atoms with Gasteiger partial charge in [-0.05, 0) is 51.0 Å². The van der Waals surface area contributed by atoms with Gasteiger partial charge in [0.15, 0.2) is 0 Å². The number of hydrogen-bond donors (Lipinski definition) is 0. The van der Waals surface area contributed by atoms with Crippen molar-refractivity contribution in [3.63, 3.8) is 0 Å². The van der Waals surface area contributed by atoms with E-state index in [2.05, 4.69) is 0 Å². The molecule has 1 aromatic rings. The van der Waals surface area contributed by atoms with Gasteiger partial charge in [0.05, 0.1) is 23.9 Å². The van der Waals surface area contributed by atoms with Gasteiger partial charge in [-0.1, -0.05) is 30.3 Å². The molecular weight excluding hydrogens is 378 g/mol. The highest BCUT2D eigenvalue weighted by atomic mass is 32.2. The predicted octanol–water partition coefficient (Wildman–Crippen LogP) is 3.12. The van der Waals surface area contributed by atoms with E-state index in [-0.39, 0.29) is 17.8 Å². The van der Waals surface area contributed by atoms with Gasteiger partial charge in [-0.2, -0.15) is 0 Å². The maximum Gasteiger partial charge on any atom is 0.312 e. The lowest BCUT2D eigenvalue weighted by molar-refractivity contribution is -0.162. The molecule has 2 aliphatic heterocycles. The van der Waals surface area contributed by atoms with Crippen LogP contribution in [0.5, 0.6) is 0 Å². The topological polar surface area (TPSA) is 72.9 Å². The van der Waals surface area contributed by atoms with Crippen LogP contribution in [0.2, 0.25) is 0 Å². The number of sulfonamides is 1. The lowest BCUT2D eigenvalue weighted by Crippen LogP contribution is -2.49. The summed E-state index contributed by atoms with van der Waals surface area (Å²) in [5, 5.41) is 0. The number of carbonyl (C=O) groups is 1. The molecule has 0 unspecified atom stereocenters. The molecule has 0 radical (unpaired) electrons. The highest BCUT2D eigenvalue weighted by Gasteiger charge is 2.46. The number of benzene rings is 1. The van der Waals surface area contributed by atoms with Crippen molar-refractivity contribution in [1.82, 2.24) is 4.31 Å². The minimum Gasteiger partial charge on any atom is -0.466 e. The molecule has 0 N–H and O–H groups in total. The lowest BCUT2D eigenvalue weighted by Gasteiger charge is -2.41. The molecule has 3 rings (SSSR count). The number of esters is 1. The van der Waals surface area contributed by atoms with Crippen LogP contribution >= 0.6 is 0 Å². The van der Waals surface area contributed by atoms with Crippen LogP contribution in [0.3, 0.4) is 0 Å². The fourth-order valence-electron chi connectivity index (χ4n) is 4.25.